The Morgan fingerprint density at radius 2 is 1.24 bits per heavy atom. The van der Waals surface area contributed by atoms with Crippen LogP contribution in [0.15, 0.2) is 24.7 Å². The van der Waals surface area contributed by atoms with E-state index >= 15 is 0 Å². The van der Waals surface area contributed by atoms with Crippen LogP contribution < -0.4 is 0 Å². The molecule has 0 spiro atoms. The number of carboxylic acid groups (broad SMARTS) is 2. The van der Waals surface area contributed by atoms with E-state index in [-0.39, 0.29) is 0 Å². The molecule has 0 fully saturated rings. The van der Waals surface area contributed by atoms with E-state index in [1.165, 1.54) is 0 Å². The molecule has 96 valence electrons. The molecule has 0 aromatic heterocycles. The molecule has 0 heterocycles. The quantitative estimate of drug-likeness (QED) is 0.283. The fourth-order valence-electron chi connectivity index (χ4n) is 1.30. The van der Waals surface area contributed by atoms with Crippen molar-refractivity contribution in [3.63, 3.8) is 0 Å². The van der Waals surface area contributed by atoms with Crippen molar-refractivity contribution in [2.45, 2.75) is 12.8 Å². The predicted octanol–water partition coefficient (Wildman–Crippen LogP) is 0.929. The summed E-state index contributed by atoms with van der Waals surface area (Å²) in [6.07, 6.45) is -1.67. The Morgan fingerprint density at radius 1 is 0.941 bits per heavy atom. The molecule has 0 aliphatic carbocycles. The molecule has 0 aromatic rings. The van der Waals surface area contributed by atoms with Gasteiger partial charge in [0.25, 0.3) is 0 Å². The van der Waals surface area contributed by atoms with Gasteiger partial charge in [-0.25, -0.2) is 10.5 Å². The van der Waals surface area contributed by atoms with E-state index in [1.807, 2.05) is 0 Å². The number of hydrogen-bond acceptors (Lipinski definition) is 6. The minimum Gasteiger partial charge on any atom is -0.481 e. The van der Waals surface area contributed by atoms with Gasteiger partial charge in [-0.1, -0.05) is 13.2 Å². The molecule has 0 rings (SSSR count). The van der Waals surface area contributed by atoms with Crippen LogP contribution in [-0.2, 0) is 19.4 Å². The molecule has 0 unspecified atom stereocenters. The standard InChI is InChI=1S/C9H12O8/c1-5(16-14)9(3-7(10)11,4-8(12)13)6(2)17-15/h14-15H,1-4H2,(H,10,11)(H,12,13). The zero-order chi connectivity index (χ0) is 13.6. The van der Waals surface area contributed by atoms with Crippen molar-refractivity contribution in [3.8, 4) is 0 Å². The lowest BCUT2D eigenvalue weighted by Gasteiger charge is -2.29. The minimum absolute atomic E-state index is 0.610. The molecule has 0 aliphatic heterocycles. The van der Waals surface area contributed by atoms with Crippen molar-refractivity contribution in [1.29, 1.82) is 0 Å². The number of hydrogen-bond donors (Lipinski definition) is 4. The highest BCUT2D eigenvalue weighted by Gasteiger charge is 2.45. The van der Waals surface area contributed by atoms with Crippen LogP contribution in [0, 0.1) is 5.41 Å². The van der Waals surface area contributed by atoms with E-state index in [2.05, 4.69) is 22.9 Å². The molecular formula is C9H12O8. The van der Waals surface area contributed by atoms with E-state index in [1.54, 1.807) is 0 Å². The first-order valence-electron chi connectivity index (χ1n) is 4.25. The zero-order valence-electron chi connectivity index (χ0n) is 8.75. The average molecular weight is 248 g/mol. The molecular weight excluding hydrogens is 236 g/mol. The minimum atomic E-state index is -1.97. The highest BCUT2D eigenvalue weighted by atomic mass is 17.1. The van der Waals surface area contributed by atoms with Crippen LogP contribution in [0.25, 0.3) is 0 Å². The van der Waals surface area contributed by atoms with Crippen molar-refractivity contribution >= 4 is 11.9 Å². The van der Waals surface area contributed by atoms with E-state index in [0.29, 0.717) is 0 Å². The molecule has 17 heavy (non-hydrogen) atoms. The van der Waals surface area contributed by atoms with Gasteiger partial charge >= 0.3 is 11.9 Å². The topological polar surface area (TPSA) is 134 Å². The summed E-state index contributed by atoms with van der Waals surface area (Å²) < 4.78 is 0. The summed E-state index contributed by atoms with van der Waals surface area (Å²) in [7, 11) is 0. The Hall–Kier alpha value is -2.06. The molecule has 0 aromatic carbocycles. The Labute approximate surface area is 95.9 Å². The fourth-order valence-corrected chi connectivity index (χ4v) is 1.30. The van der Waals surface area contributed by atoms with Crippen molar-refractivity contribution in [1.82, 2.24) is 0 Å². The van der Waals surface area contributed by atoms with Crippen LogP contribution in [-0.4, -0.2) is 32.7 Å². The Morgan fingerprint density at radius 3 is 1.41 bits per heavy atom. The van der Waals surface area contributed by atoms with Crippen LogP contribution in [0.2, 0.25) is 0 Å². The number of aliphatic carboxylic acids is 2. The number of carbonyl (C=O) groups is 2. The van der Waals surface area contributed by atoms with Gasteiger partial charge in [-0.2, -0.15) is 0 Å². The molecule has 0 saturated heterocycles. The second kappa shape index (κ2) is 5.87. The van der Waals surface area contributed by atoms with Gasteiger partial charge in [0.05, 0.1) is 12.8 Å². The van der Waals surface area contributed by atoms with Crippen LogP contribution >= 0.6 is 0 Å². The molecule has 0 radical (unpaired) electrons. The van der Waals surface area contributed by atoms with Gasteiger partial charge in [0.15, 0.2) is 0 Å². The average Bonchev–Trinajstić information content (AvgIpc) is 2.24. The van der Waals surface area contributed by atoms with Crippen LogP contribution in [0.1, 0.15) is 12.8 Å². The molecule has 0 atom stereocenters. The summed E-state index contributed by atoms with van der Waals surface area (Å²) in [5.41, 5.74) is -1.97. The molecule has 0 amide bonds. The maximum Gasteiger partial charge on any atom is 0.304 e. The monoisotopic (exact) mass is 248 g/mol. The lowest BCUT2D eigenvalue weighted by molar-refractivity contribution is -0.245. The van der Waals surface area contributed by atoms with Gasteiger partial charge in [0.2, 0.25) is 0 Å². The third-order valence-corrected chi connectivity index (χ3v) is 2.19. The van der Waals surface area contributed by atoms with E-state index in [9.17, 15) is 9.59 Å². The van der Waals surface area contributed by atoms with Gasteiger partial charge in [0.1, 0.15) is 16.9 Å². The van der Waals surface area contributed by atoms with Gasteiger partial charge in [-0.15, -0.1) is 0 Å². The normalized spacial score (nSPS) is 10.5. The summed E-state index contributed by atoms with van der Waals surface area (Å²) in [5.74, 6) is -4.05. The summed E-state index contributed by atoms with van der Waals surface area (Å²) in [4.78, 5) is 28.9. The third-order valence-electron chi connectivity index (χ3n) is 2.19. The summed E-state index contributed by atoms with van der Waals surface area (Å²) >= 11 is 0. The molecule has 0 aliphatic rings. The van der Waals surface area contributed by atoms with Crippen molar-refractivity contribution in [3.05, 3.63) is 24.7 Å². The highest BCUT2D eigenvalue weighted by Crippen LogP contribution is 2.41. The second-order valence-electron chi connectivity index (χ2n) is 3.25. The first kappa shape index (κ1) is 14.9. The van der Waals surface area contributed by atoms with Crippen molar-refractivity contribution in [2.24, 2.45) is 5.41 Å². The summed E-state index contributed by atoms with van der Waals surface area (Å²) in [6.45, 7) is 6.34. The summed E-state index contributed by atoms with van der Waals surface area (Å²) in [6, 6.07) is 0. The van der Waals surface area contributed by atoms with E-state index in [4.69, 9.17) is 20.7 Å². The maximum absolute atomic E-state index is 10.7. The molecule has 0 saturated carbocycles. The lowest BCUT2D eigenvalue weighted by atomic mass is 9.78. The first-order valence-corrected chi connectivity index (χ1v) is 4.25. The first-order chi connectivity index (χ1) is 7.80. The lowest BCUT2D eigenvalue weighted by Crippen LogP contribution is -2.33. The molecule has 4 N–H and O–H groups in total. The second-order valence-corrected chi connectivity index (χ2v) is 3.25. The summed E-state index contributed by atoms with van der Waals surface area (Å²) in [5, 5.41) is 34.4. The van der Waals surface area contributed by atoms with E-state index < -0.39 is 41.7 Å². The van der Waals surface area contributed by atoms with E-state index in [0.717, 1.165) is 0 Å². The van der Waals surface area contributed by atoms with Crippen molar-refractivity contribution in [2.75, 3.05) is 0 Å². The highest BCUT2D eigenvalue weighted by molar-refractivity contribution is 5.74. The van der Waals surface area contributed by atoms with Gasteiger partial charge in [0, 0.05) is 0 Å². The fraction of sp³-hybridized carbons (Fsp3) is 0.333. The Bertz CT molecular complexity index is 311. The van der Waals surface area contributed by atoms with Gasteiger partial charge < -0.3 is 20.0 Å². The van der Waals surface area contributed by atoms with Crippen LogP contribution in [0.5, 0.6) is 0 Å². The Kier molecular flexibility index (Phi) is 5.16. The predicted molar refractivity (Wildman–Crippen MR) is 52.6 cm³/mol. The largest absolute Gasteiger partial charge is 0.481 e. The van der Waals surface area contributed by atoms with Gasteiger partial charge in [-0.05, 0) is 0 Å². The number of rotatable bonds is 8. The Balaban J connectivity index is 5.50. The maximum atomic E-state index is 10.7. The molecule has 8 heteroatoms. The number of carboxylic acids is 2. The van der Waals surface area contributed by atoms with Gasteiger partial charge in [-0.3, -0.25) is 9.59 Å². The van der Waals surface area contributed by atoms with Crippen LogP contribution in [0.4, 0.5) is 0 Å². The smallest absolute Gasteiger partial charge is 0.304 e. The SMILES string of the molecule is C=C(OO)C(CC(=O)O)(CC(=O)O)C(=C)OO. The van der Waals surface area contributed by atoms with Crippen LogP contribution in [0.3, 0.4) is 0 Å². The molecule has 0 bridgehead atoms. The third kappa shape index (κ3) is 3.47. The molecule has 8 nitrogen and oxygen atoms in total. The van der Waals surface area contributed by atoms with Crippen molar-refractivity contribution < 1.29 is 40.1 Å². The zero-order valence-corrected chi connectivity index (χ0v) is 8.75.